The van der Waals surface area contributed by atoms with Gasteiger partial charge in [0.15, 0.2) is 0 Å². The number of hydrogen-bond donors (Lipinski definition) is 1. The first-order valence-electron chi connectivity index (χ1n) is 5.78. The number of aliphatic hydroxyl groups excluding tert-OH is 1. The molecule has 82 valence electrons. The summed E-state index contributed by atoms with van der Waals surface area (Å²) in [4.78, 5) is 0. The highest BCUT2D eigenvalue weighted by molar-refractivity contribution is 5.18. The van der Waals surface area contributed by atoms with E-state index in [2.05, 4.69) is 33.8 Å². The molecule has 0 saturated carbocycles. The van der Waals surface area contributed by atoms with Crippen LogP contribution >= 0.6 is 0 Å². The summed E-state index contributed by atoms with van der Waals surface area (Å²) in [7, 11) is 0. The van der Waals surface area contributed by atoms with Crippen LogP contribution in [0, 0.1) is 17.3 Å². The third kappa shape index (κ3) is 2.20. The second-order valence-electron chi connectivity index (χ2n) is 5.29. The van der Waals surface area contributed by atoms with E-state index in [0.29, 0.717) is 12.0 Å². The van der Waals surface area contributed by atoms with Gasteiger partial charge in [-0.15, -0.1) is 0 Å². The largest absolute Gasteiger partial charge is 0.396 e. The van der Waals surface area contributed by atoms with Gasteiger partial charge < -0.3 is 5.11 Å². The van der Waals surface area contributed by atoms with Crippen LogP contribution in [0.5, 0.6) is 0 Å². The Balaban J connectivity index is 2.54. The van der Waals surface area contributed by atoms with Crippen molar-refractivity contribution < 1.29 is 5.11 Å². The smallest absolute Gasteiger partial charge is 0.0431 e. The zero-order chi connectivity index (χ0) is 10.8. The zero-order valence-electron chi connectivity index (χ0n) is 10.0. The van der Waals surface area contributed by atoms with E-state index in [9.17, 15) is 0 Å². The van der Waals surface area contributed by atoms with Crippen molar-refractivity contribution in [3.05, 3.63) is 11.6 Å². The summed E-state index contributed by atoms with van der Waals surface area (Å²) in [5, 5.41) is 8.83. The molecule has 1 N–H and O–H groups in total. The van der Waals surface area contributed by atoms with Crippen LogP contribution in [0.2, 0.25) is 0 Å². The Labute approximate surface area is 88.2 Å². The van der Waals surface area contributed by atoms with Gasteiger partial charge in [0.2, 0.25) is 0 Å². The highest BCUT2D eigenvalue weighted by Crippen LogP contribution is 2.47. The Morgan fingerprint density at radius 3 is 2.64 bits per heavy atom. The lowest BCUT2D eigenvalue weighted by Crippen LogP contribution is -2.26. The Bertz CT molecular complexity index is 215. The van der Waals surface area contributed by atoms with Crippen LogP contribution in [0.25, 0.3) is 0 Å². The summed E-state index contributed by atoms with van der Waals surface area (Å²) in [5.41, 5.74) is 1.91. The fraction of sp³-hybridized carbons (Fsp3) is 0.846. The average Bonchev–Trinajstić information content (AvgIpc) is 2.38. The van der Waals surface area contributed by atoms with Crippen molar-refractivity contribution in [2.45, 2.75) is 47.0 Å². The molecule has 0 amide bonds. The molecule has 0 aromatic heterocycles. The highest BCUT2D eigenvalue weighted by Gasteiger charge is 2.37. The summed E-state index contributed by atoms with van der Waals surface area (Å²) in [6, 6.07) is 0. The minimum absolute atomic E-state index is 0.337. The Morgan fingerprint density at radius 1 is 1.57 bits per heavy atom. The highest BCUT2D eigenvalue weighted by atomic mass is 16.2. The van der Waals surface area contributed by atoms with Crippen molar-refractivity contribution >= 4 is 0 Å². The quantitative estimate of drug-likeness (QED) is 0.683. The predicted octanol–water partition coefficient (Wildman–Crippen LogP) is 3.39. The molecule has 0 aliphatic heterocycles. The second kappa shape index (κ2) is 4.48. The van der Waals surface area contributed by atoms with E-state index in [1.807, 2.05) is 0 Å². The van der Waals surface area contributed by atoms with Crippen LogP contribution < -0.4 is 0 Å². The van der Waals surface area contributed by atoms with Crippen molar-refractivity contribution in [3.63, 3.8) is 0 Å². The minimum Gasteiger partial charge on any atom is -0.396 e. The lowest BCUT2D eigenvalue weighted by Gasteiger charge is -2.34. The maximum atomic E-state index is 8.83. The maximum absolute atomic E-state index is 8.83. The van der Waals surface area contributed by atoms with Crippen LogP contribution in [0.4, 0.5) is 0 Å². The van der Waals surface area contributed by atoms with E-state index in [-0.39, 0.29) is 0 Å². The molecule has 0 heterocycles. The average molecular weight is 196 g/mol. The lowest BCUT2D eigenvalue weighted by molar-refractivity contribution is 0.184. The van der Waals surface area contributed by atoms with Gasteiger partial charge in [0.05, 0.1) is 0 Å². The van der Waals surface area contributed by atoms with Gasteiger partial charge >= 0.3 is 0 Å². The van der Waals surface area contributed by atoms with Crippen LogP contribution in [-0.4, -0.2) is 11.7 Å². The van der Waals surface area contributed by atoms with E-state index < -0.39 is 0 Å². The summed E-state index contributed by atoms with van der Waals surface area (Å²) < 4.78 is 0. The van der Waals surface area contributed by atoms with Crippen LogP contribution in [0.15, 0.2) is 11.6 Å². The maximum Gasteiger partial charge on any atom is 0.0431 e. The molecule has 0 radical (unpaired) electrons. The van der Waals surface area contributed by atoms with Crippen molar-refractivity contribution in [2.24, 2.45) is 17.3 Å². The van der Waals surface area contributed by atoms with Crippen LogP contribution in [-0.2, 0) is 0 Å². The molecule has 1 nitrogen and oxygen atoms in total. The van der Waals surface area contributed by atoms with Crippen LogP contribution in [0.3, 0.4) is 0 Å². The van der Waals surface area contributed by atoms with Crippen molar-refractivity contribution in [1.82, 2.24) is 0 Å². The Morgan fingerprint density at radius 2 is 2.21 bits per heavy atom. The van der Waals surface area contributed by atoms with Gasteiger partial charge in [-0.05, 0) is 43.4 Å². The number of hydrogen-bond acceptors (Lipinski definition) is 1. The molecular weight excluding hydrogens is 172 g/mol. The summed E-state index contributed by atoms with van der Waals surface area (Å²) >= 11 is 0. The van der Waals surface area contributed by atoms with Crippen molar-refractivity contribution in [1.29, 1.82) is 0 Å². The van der Waals surface area contributed by atoms with Gasteiger partial charge in [-0.1, -0.05) is 32.4 Å². The fourth-order valence-electron chi connectivity index (χ4n) is 2.71. The van der Waals surface area contributed by atoms with Gasteiger partial charge in [0, 0.05) is 6.61 Å². The molecule has 0 bridgehead atoms. The summed E-state index contributed by atoms with van der Waals surface area (Å²) in [6.45, 7) is 9.62. The van der Waals surface area contributed by atoms with E-state index in [0.717, 1.165) is 24.7 Å². The normalized spacial score (nSPS) is 27.5. The first-order valence-corrected chi connectivity index (χ1v) is 5.78. The first-order chi connectivity index (χ1) is 6.50. The number of aliphatic hydroxyl groups is 1. The predicted molar refractivity (Wildman–Crippen MR) is 61.1 cm³/mol. The molecule has 0 fully saturated rings. The zero-order valence-corrected chi connectivity index (χ0v) is 10.0. The molecule has 1 aliphatic carbocycles. The number of allylic oxidation sites excluding steroid dienone is 2. The SMILES string of the molecule is CC1=CC[C@@H](C(C)CCCO)C1(C)C. The summed E-state index contributed by atoms with van der Waals surface area (Å²) in [6.07, 6.45) is 5.73. The second-order valence-corrected chi connectivity index (χ2v) is 5.29. The molecule has 0 aromatic carbocycles. The van der Waals surface area contributed by atoms with E-state index >= 15 is 0 Å². The Kier molecular flexibility index (Phi) is 3.77. The van der Waals surface area contributed by atoms with Crippen molar-refractivity contribution in [2.75, 3.05) is 6.61 Å². The molecule has 1 heteroatoms. The first kappa shape index (κ1) is 11.8. The molecule has 1 unspecified atom stereocenters. The van der Waals surface area contributed by atoms with Gasteiger partial charge in [0.25, 0.3) is 0 Å². The third-order valence-corrected chi connectivity index (χ3v) is 4.13. The summed E-state index contributed by atoms with van der Waals surface area (Å²) in [5.74, 6) is 1.50. The molecule has 1 aliphatic rings. The molecule has 0 aromatic rings. The van der Waals surface area contributed by atoms with Gasteiger partial charge in [-0.25, -0.2) is 0 Å². The number of rotatable bonds is 4. The monoisotopic (exact) mass is 196 g/mol. The van der Waals surface area contributed by atoms with Crippen LogP contribution in [0.1, 0.15) is 47.0 Å². The minimum atomic E-state index is 0.337. The van der Waals surface area contributed by atoms with E-state index in [4.69, 9.17) is 5.11 Å². The molecular formula is C13H24O. The van der Waals surface area contributed by atoms with Gasteiger partial charge in [0.1, 0.15) is 0 Å². The Hall–Kier alpha value is -0.300. The lowest BCUT2D eigenvalue weighted by atomic mass is 9.71. The van der Waals surface area contributed by atoms with Gasteiger partial charge in [-0.3, -0.25) is 0 Å². The third-order valence-electron chi connectivity index (χ3n) is 4.13. The topological polar surface area (TPSA) is 20.2 Å². The molecule has 14 heavy (non-hydrogen) atoms. The van der Waals surface area contributed by atoms with Crippen molar-refractivity contribution in [3.8, 4) is 0 Å². The molecule has 0 saturated heterocycles. The molecule has 1 rings (SSSR count). The van der Waals surface area contributed by atoms with Gasteiger partial charge in [-0.2, -0.15) is 0 Å². The van der Waals surface area contributed by atoms with E-state index in [1.165, 1.54) is 6.42 Å². The fourth-order valence-corrected chi connectivity index (χ4v) is 2.71. The van der Waals surface area contributed by atoms with E-state index in [1.54, 1.807) is 5.57 Å². The molecule has 0 spiro atoms. The molecule has 2 atom stereocenters. The standard InChI is InChI=1S/C13H24O/c1-10(6-5-9-14)12-8-7-11(2)13(12,3)4/h7,10,12,14H,5-6,8-9H2,1-4H3/t10?,12-/m0/s1.